The predicted molar refractivity (Wildman–Crippen MR) is 85.3 cm³/mol. The Bertz CT molecular complexity index is 660. The molecule has 1 aliphatic heterocycles. The van der Waals surface area contributed by atoms with Crippen LogP contribution in [-0.4, -0.2) is 18.3 Å². The molecule has 0 radical (unpaired) electrons. The predicted octanol–water partition coefficient (Wildman–Crippen LogP) is 4.35. The first-order chi connectivity index (χ1) is 10.2. The van der Waals surface area contributed by atoms with E-state index >= 15 is 0 Å². The van der Waals surface area contributed by atoms with E-state index in [1.807, 2.05) is 24.3 Å². The van der Waals surface area contributed by atoms with Crippen molar-refractivity contribution in [3.8, 4) is 11.5 Å². The van der Waals surface area contributed by atoms with Crippen molar-refractivity contribution >= 4 is 27.5 Å². The number of benzene rings is 2. The molecule has 1 unspecified atom stereocenters. The molecule has 2 aromatic rings. The van der Waals surface area contributed by atoms with Gasteiger partial charge in [0.2, 0.25) is 0 Å². The number of fused-ring (bicyclic) bond motifs is 1. The molecule has 1 N–H and O–H groups in total. The highest BCUT2D eigenvalue weighted by atomic mass is 79.9. The van der Waals surface area contributed by atoms with E-state index in [-0.39, 0.29) is 0 Å². The smallest absolute Gasteiger partial charge is 0.162 e. The van der Waals surface area contributed by atoms with Crippen LogP contribution in [0, 0.1) is 0 Å². The second kappa shape index (κ2) is 6.26. The van der Waals surface area contributed by atoms with E-state index in [1.54, 1.807) is 12.1 Å². The lowest BCUT2D eigenvalue weighted by Crippen LogP contribution is -2.03. The molecule has 5 heteroatoms. The maximum absolute atomic E-state index is 10.6. The summed E-state index contributed by atoms with van der Waals surface area (Å²) in [5, 5.41) is 11.1. The average Bonchev–Trinajstić information content (AvgIpc) is 2.71. The summed E-state index contributed by atoms with van der Waals surface area (Å²) in [6, 6.07) is 10.9. The molecule has 3 rings (SSSR count). The topological polar surface area (TPSA) is 38.7 Å². The number of rotatable bonds is 2. The zero-order valence-electron chi connectivity index (χ0n) is 11.2. The van der Waals surface area contributed by atoms with E-state index in [0.717, 1.165) is 10.9 Å². The second-order valence-corrected chi connectivity index (χ2v) is 6.06. The molecule has 3 nitrogen and oxygen atoms in total. The van der Waals surface area contributed by atoms with E-state index in [0.29, 0.717) is 40.9 Å². The maximum Gasteiger partial charge on any atom is 0.162 e. The summed E-state index contributed by atoms with van der Waals surface area (Å²) >= 11 is 9.64. The monoisotopic (exact) mass is 368 g/mol. The van der Waals surface area contributed by atoms with Gasteiger partial charge in [-0.25, -0.2) is 0 Å². The first-order valence-electron chi connectivity index (χ1n) is 6.68. The van der Waals surface area contributed by atoms with Crippen LogP contribution in [0.25, 0.3) is 0 Å². The van der Waals surface area contributed by atoms with E-state index in [2.05, 4.69) is 15.9 Å². The normalized spacial score (nSPS) is 15.4. The lowest BCUT2D eigenvalue weighted by molar-refractivity contribution is 0.218. The Balaban J connectivity index is 2.02. The molecule has 1 heterocycles. The molecular weight excluding hydrogens is 356 g/mol. The molecule has 0 aromatic heterocycles. The van der Waals surface area contributed by atoms with Gasteiger partial charge in [0.25, 0.3) is 0 Å². The van der Waals surface area contributed by atoms with Crippen LogP contribution in [0.1, 0.15) is 23.7 Å². The molecule has 0 fully saturated rings. The minimum Gasteiger partial charge on any atom is -0.490 e. The Morgan fingerprint density at radius 3 is 2.43 bits per heavy atom. The van der Waals surface area contributed by atoms with Crippen molar-refractivity contribution in [1.29, 1.82) is 0 Å². The van der Waals surface area contributed by atoms with Gasteiger partial charge >= 0.3 is 0 Å². The summed E-state index contributed by atoms with van der Waals surface area (Å²) in [6.07, 6.45) is 0.0135. The fourth-order valence-corrected chi connectivity index (χ4v) is 3.05. The fraction of sp³-hybridized carbons (Fsp3) is 0.250. The van der Waals surface area contributed by atoms with Crippen molar-refractivity contribution < 1.29 is 14.6 Å². The average molecular weight is 370 g/mol. The standard InChI is InChI=1S/C16H14BrClO3/c17-12-9-15-14(20-6-3-7-21-15)8-11(12)16(19)10-4-1-2-5-13(10)18/h1-2,4-5,8-9,16,19H,3,6-7H2. The third-order valence-electron chi connectivity index (χ3n) is 3.36. The lowest BCUT2D eigenvalue weighted by atomic mass is 10.0. The minimum absolute atomic E-state index is 0.531. The maximum atomic E-state index is 10.6. The molecule has 110 valence electrons. The van der Waals surface area contributed by atoms with Crippen LogP contribution in [0.15, 0.2) is 40.9 Å². The van der Waals surface area contributed by atoms with E-state index in [1.165, 1.54) is 0 Å². The van der Waals surface area contributed by atoms with Crippen LogP contribution in [0.2, 0.25) is 5.02 Å². The third kappa shape index (κ3) is 3.03. The Hall–Kier alpha value is -1.23. The number of halogens is 2. The molecule has 0 amide bonds. The van der Waals surface area contributed by atoms with Crippen molar-refractivity contribution in [2.75, 3.05) is 13.2 Å². The zero-order chi connectivity index (χ0) is 14.8. The summed E-state index contributed by atoms with van der Waals surface area (Å²) < 4.78 is 12.1. The van der Waals surface area contributed by atoms with Gasteiger partial charge in [0.1, 0.15) is 6.10 Å². The number of aliphatic hydroxyl groups excluding tert-OH is 1. The third-order valence-corrected chi connectivity index (χ3v) is 4.39. The highest BCUT2D eigenvalue weighted by Gasteiger charge is 2.20. The van der Waals surface area contributed by atoms with Crippen molar-refractivity contribution in [3.63, 3.8) is 0 Å². The van der Waals surface area contributed by atoms with Gasteiger partial charge in [0, 0.05) is 27.0 Å². The summed E-state index contributed by atoms with van der Waals surface area (Å²) in [4.78, 5) is 0. The summed E-state index contributed by atoms with van der Waals surface area (Å²) in [7, 11) is 0. The summed E-state index contributed by atoms with van der Waals surface area (Å²) in [6.45, 7) is 1.24. The second-order valence-electron chi connectivity index (χ2n) is 4.79. The van der Waals surface area contributed by atoms with Gasteiger partial charge in [-0.05, 0) is 18.2 Å². The highest BCUT2D eigenvalue weighted by Crippen LogP contribution is 2.40. The first kappa shape index (κ1) is 14.7. The molecule has 0 bridgehead atoms. The molecule has 2 aromatic carbocycles. The molecule has 21 heavy (non-hydrogen) atoms. The quantitative estimate of drug-likeness (QED) is 0.855. The van der Waals surface area contributed by atoms with Gasteiger partial charge in [0.05, 0.1) is 13.2 Å². The lowest BCUT2D eigenvalue weighted by Gasteiger charge is -2.17. The van der Waals surface area contributed by atoms with Crippen LogP contribution in [0.5, 0.6) is 11.5 Å². The van der Waals surface area contributed by atoms with Gasteiger partial charge < -0.3 is 14.6 Å². The van der Waals surface area contributed by atoms with E-state index in [9.17, 15) is 5.11 Å². The molecule has 0 saturated carbocycles. The minimum atomic E-state index is -0.828. The largest absolute Gasteiger partial charge is 0.490 e. The zero-order valence-corrected chi connectivity index (χ0v) is 13.5. The molecule has 0 saturated heterocycles. The van der Waals surface area contributed by atoms with Crippen LogP contribution in [-0.2, 0) is 0 Å². The van der Waals surface area contributed by atoms with Crippen LogP contribution >= 0.6 is 27.5 Å². The van der Waals surface area contributed by atoms with Gasteiger partial charge in [-0.2, -0.15) is 0 Å². The van der Waals surface area contributed by atoms with Gasteiger partial charge in [0.15, 0.2) is 11.5 Å². The molecule has 0 aliphatic carbocycles. The van der Waals surface area contributed by atoms with Crippen molar-refractivity contribution in [1.82, 2.24) is 0 Å². The van der Waals surface area contributed by atoms with Crippen molar-refractivity contribution in [3.05, 3.63) is 57.0 Å². The Morgan fingerprint density at radius 2 is 1.71 bits per heavy atom. The van der Waals surface area contributed by atoms with Gasteiger partial charge in [-0.1, -0.05) is 45.7 Å². The van der Waals surface area contributed by atoms with Crippen molar-refractivity contribution in [2.24, 2.45) is 0 Å². The summed E-state index contributed by atoms with van der Waals surface area (Å²) in [5.74, 6) is 1.34. The SMILES string of the molecule is OC(c1ccccc1Cl)c1cc2c(cc1Br)OCCCO2. The molecule has 0 spiro atoms. The van der Waals surface area contributed by atoms with E-state index < -0.39 is 6.10 Å². The Kier molecular flexibility index (Phi) is 4.38. The van der Waals surface area contributed by atoms with Crippen LogP contribution < -0.4 is 9.47 Å². The summed E-state index contributed by atoms with van der Waals surface area (Å²) in [5.41, 5.74) is 1.36. The van der Waals surface area contributed by atoms with Gasteiger partial charge in [-0.3, -0.25) is 0 Å². The number of hydrogen-bond donors (Lipinski definition) is 1. The Labute approximate surface area is 136 Å². The van der Waals surface area contributed by atoms with Crippen LogP contribution in [0.3, 0.4) is 0 Å². The first-order valence-corrected chi connectivity index (χ1v) is 7.85. The number of hydrogen-bond acceptors (Lipinski definition) is 3. The Morgan fingerprint density at radius 1 is 1.05 bits per heavy atom. The van der Waals surface area contributed by atoms with E-state index in [4.69, 9.17) is 21.1 Å². The highest BCUT2D eigenvalue weighted by molar-refractivity contribution is 9.10. The fourth-order valence-electron chi connectivity index (χ4n) is 2.27. The molecule has 1 aliphatic rings. The number of ether oxygens (including phenoxy) is 2. The van der Waals surface area contributed by atoms with Crippen molar-refractivity contribution in [2.45, 2.75) is 12.5 Å². The molecule has 1 atom stereocenters. The molecular formula is C16H14BrClO3. The number of aliphatic hydroxyl groups is 1. The van der Waals surface area contributed by atoms with Crippen LogP contribution in [0.4, 0.5) is 0 Å². The van der Waals surface area contributed by atoms with Gasteiger partial charge in [-0.15, -0.1) is 0 Å².